The SMILES string of the molecule is CC(=O)CSc1nnc(NC(=O)C2CCN(S(C)(=O)=O)CC2)s1. The highest BCUT2D eigenvalue weighted by molar-refractivity contribution is 8.01. The van der Waals surface area contributed by atoms with Crippen LogP contribution in [0.3, 0.4) is 0 Å². The summed E-state index contributed by atoms with van der Waals surface area (Å²) in [4.78, 5) is 23.1. The Balaban J connectivity index is 1.85. The van der Waals surface area contributed by atoms with Crippen LogP contribution in [-0.4, -0.2) is 59.7 Å². The summed E-state index contributed by atoms with van der Waals surface area (Å²) < 4.78 is 24.9. The third kappa shape index (κ3) is 5.52. The summed E-state index contributed by atoms with van der Waals surface area (Å²) in [6.07, 6.45) is 2.15. The van der Waals surface area contributed by atoms with Gasteiger partial charge in [0.15, 0.2) is 4.34 Å². The maximum Gasteiger partial charge on any atom is 0.229 e. The average molecular weight is 379 g/mol. The highest BCUT2D eigenvalue weighted by Gasteiger charge is 2.29. The quantitative estimate of drug-likeness (QED) is 0.577. The first-order chi connectivity index (χ1) is 10.8. The summed E-state index contributed by atoms with van der Waals surface area (Å²) in [6.45, 7) is 2.21. The normalized spacial score (nSPS) is 17.1. The first-order valence-corrected chi connectivity index (χ1v) is 10.6. The lowest BCUT2D eigenvalue weighted by atomic mass is 9.97. The Kier molecular flexibility index (Phi) is 6.12. The molecule has 8 nitrogen and oxygen atoms in total. The monoisotopic (exact) mass is 378 g/mol. The number of nitrogens with zero attached hydrogens (tertiary/aromatic N) is 3. The Labute approximate surface area is 143 Å². The molecule has 1 aromatic heterocycles. The maximum atomic E-state index is 12.2. The van der Waals surface area contributed by atoms with Gasteiger partial charge in [-0.2, -0.15) is 0 Å². The van der Waals surface area contributed by atoms with Gasteiger partial charge in [-0.1, -0.05) is 23.1 Å². The van der Waals surface area contributed by atoms with Crippen molar-refractivity contribution >= 4 is 49.9 Å². The van der Waals surface area contributed by atoms with E-state index in [1.54, 1.807) is 0 Å². The van der Waals surface area contributed by atoms with Crippen LogP contribution >= 0.6 is 23.1 Å². The van der Waals surface area contributed by atoms with Crippen molar-refractivity contribution < 1.29 is 18.0 Å². The van der Waals surface area contributed by atoms with E-state index in [4.69, 9.17) is 0 Å². The number of amides is 1. The molecule has 0 spiro atoms. The van der Waals surface area contributed by atoms with E-state index >= 15 is 0 Å². The van der Waals surface area contributed by atoms with Crippen LogP contribution in [0.1, 0.15) is 19.8 Å². The van der Waals surface area contributed by atoms with E-state index in [9.17, 15) is 18.0 Å². The molecule has 1 N–H and O–H groups in total. The third-order valence-electron chi connectivity index (χ3n) is 3.33. The summed E-state index contributed by atoms with van der Waals surface area (Å²) in [6, 6.07) is 0. The number of ketones is 1. The zero-order valence-corrected chi connectivity index (χ0v) is 15.3. The highest BCUT2D eigenvalue weighted by atomic mass is 32.2. The number of carbonyl (C=O) groups excluding carboxylic acids is 2. The molecule has 128 valence electrons. The van der Waals surface area contributed by atoms with Crippen LogP contribution < -0.4 is 5.32 Å². The maximum absolute atomic E-state index is 12.2. The Bertz CT molecular complexity index is 680. The molecule has 1 aliphatic rings. The number of hydrogen-bond donors (Lipinski definition) is 1. The van der Waals surface area contributed by atoms with E-state index in [0.29, 0.717) is 41.2 Å². The van der Waals surface area contributed by atoms with Crippen molar-refractivity contribution in [2.24, 2.45) is 5.92 Å². The number of piperidine rings is 1. The molecule has 0 atom stereocenters. The molecule has 1 amide bonds. The minimum atomic E-state index is -3.19. The molecule has 2 rings (SSSR count). The Morgan fingerprint density at radius 2 is 2.00 bits per heavy atom. The smallest absolute Gasteiger partial charge is 0.229 e. The zero-order valence-electron chi connectivity index (χ0n) is 12.8. The standard InChI is InChI=1S/C12H18N4O4S3/c1-8(17)7-21-12-15-14-11(22-12)13-10(18)9-3-5-16(6-4-9)23(2,19)20/h9H,3-7H2,1-2H3,(H,13,14,18). The van der Waals surface area contributed by atoms with Crippen molar-refractivity contribution in [3.63, 3.8) is 0 Å². The Morgan fingerprint density at radius 3 is 2.57 bits per heavy atom. The number of anilines is 1. The predicted octanol–water partition coefficient (Wildman–Crippen LogP) is 0.829. The van der Waals surface area contributed by atoms with Crippen LogP contribution in [0.4, 0.5) is 5.13 Å². The molecule has 1 aromatic rings. The number of carbonyl (C=O) groups is 2. The van der Waals surface area contributed by atoms with E-state index in [-0.39, 0.29) is 17.6 Å². The van der Waals surface area contributed by atoms with Crippen LogP contribution in [-0.2, 0) is 19.6 Å². The lowest BCUT2D eigenvalue weighted by molar-refractivity contribution is -0.121. The summed E-state index contributed by atoms with van der Waals surface area (Å²) >= 11 is 2.51. The molecular weight excluding hydrogens is 360 g/mol. The number of rotatable bonds is 6. The molecule has 0 bridgehead atoms. The summed E-state index contributed by atoms with van der Waals surface area (Å²) in [7, 11) is -3.19. The predicted molar refractivity (Wildman–Crippen MR) is 89.1 cm³/mol. The summed E-state index contributed by atoms with van der Waals surface area (Å²) in [5.41, 5.74) is 0. The van der Waals surface area contributed by atoms with Crippen LogP contribution in [0.2, 0.25) is 0 Å². The first-order valence-electron chi connectivity index (χ1n) is 6.97. The average Bonchev–Trinajstić information content (AvgIpc) is 2.92. The fourth-order valence-corrected chi connectivity index (χ4v) is 4.57. The molecule has 23 heavy (non-hydrogen) atoms. The van der Waals surface area contributed by atoms with Crippen molar-refractivity contribution in [1.82, 2.24) is 14.5 Å². The molecule has 2 heterocycles. The molecule has 0 aromatic carbocycles. The van der Waals surface area contributed by atoms with E-state index in [1.807, 2.05) is 0 Å². The van der Waals surface area contributed by atoms with Gasteiger partial charge in [0.2, 0.25) is 21.1 Å². The number of sulfonamides is 1. The van der Waals surface area contributed by atoms with Crippen molar-refractivity contribution in [3.8, 4) is 0 Å². The summed E-state index contributed by atoms with van der Waals surface area (Å²) in [5.74, 6) is -0.0249. The molecular formula is C12H18N4O4S3. The van der Waals surface area contributed by atoms with E-state index in [1.165, 1.54) is 40.6 Å². The molecule has 11 heteroatoms. The van der Waals surface area contributed by atoms with Crippen LogP contribution in [0.25, 0.3) is 0 Å². The second-order valence-corrected chi connectivity index (χ2v) is 9.47. The van der Waals surface area contributed by atoms with Gasteiger partial charge in [0.25, 0.3) is 0 Å². The fourth-order valence-electron chi connectivity index (χ4n) is 2.14. The molecule has 0 radical (unpaired) electrons. The molecule has 0 aliphatic carbocycles. The van der Waals surface area contributed by atoms with Crippen molar-refractivity contribution in [3.05, 3.63) is 0 Å². The van der Waals surface area contributed by atoms with Crippen LogP contribution in [0.15, 0.2) is 4.34 Å². The molecule has 1 fully saturated rings. The van der Waals surface area contributed by atoms with Gasteiger partial charge in [-0.3, -0.25) is 9.59 Å². The number of Topliss-reactive ketones (excluding diaryl/α,β-unsaturated/α-hetero) is 1. The minimum Gasteiger partial charge on any atom is -0.300 e. The van der Waals surface area contributed by atoms with E-state index < -0.39 is 10.0 Å². The van der Waals surface area contributed by atoms with Gasteiger partial charge < -0.3 is 5.32 Å². The number of thioether (sulfide) groups is 1. The van der Waals surface area contributed by atoms with E-state index in [2.05, 4.69) is 15.5 Å². The first kappa shape index (κ1) is 18.3. The van der Waals surface area contributed by atoms with Gasteiger partial charge in [-0.05, 0) is 19.8 Å². The Morgan fingerprint density at radius 1 is 1.35 bits per heavy atom. The lowest BCUT2D eigenvalue weighted by Crippen LogP contribution is -2.40. The van der Waals surface area contributed by atoms with Crippen molar-refractivity contribution in [1.29, 1.82) is 0 Å². The molecule has 0 saturated carbocycles. The largest absolute Gasteiger partial charge is 0.300 e. The summed E-state index contributed by atoms with van der Waals surface area (Å²) in [5, 5.41) is 10.9. The lowest BCUT2D eigenvalue weighted by Gasteiger charge is -2.29. The van der Waals surface area contributed by atoms with E-state index in [0.717, 1.165) is 0 Å². The second kappa shape index (κ2) is 7.69. The topological polar surface area (TPSA) is 109 Å². The van der Waals surface area contributed by atoms with Gasteiger partial charge in [-0.15, -0.1) is 10.2 Å². The number of aromatic nitrogens is 2. The minimum absolute atomic E-state index is 0.0495. The van der Waals surface area contributed by atoms with Crippen LogP contribution in [0.5, 0.6) is 0 Å². The third-order valence-corrected chi connectivity index (χ3v) is 6.75. The van der Waals surface area contributed by atoms with Gasteiger partial charge in [0.1, 0.15) is 5.78 Å². The van der Waals surface area contributed by atoms with Crippen molar-refractivity contribution in [2.45, 2.75) is 24.1 Å². The highest BCUT2D eigenvalue weighted by Crippen LogP contribution is 2.27. The van der Waals surface area contributed by atoms with Gasteiger partial charge in [-0.25, -0.2) is 12.7 Å². The second-order valence-electron chi connectivity index (χ2n) is 5.29. The van der Waals surface area contributed by atoms with Gasteiger partial charge in [0, 0.05) is 19.0 Å². The Hall–Kier alpha value is -1.04. The number of hydrogen-bond acceptors (Lipinski definition) is 8. The zero-order chi connectivity index (χ0) is 17.0. The molecule has 0 unspecified atom stereocenters. The molecule has 1 saturated heterocycles. The molecule has 1 aliphatic heterocycles. The van der Waals surface area contributed by atoms with Gasteiger partial charge in [0.05, 0.1) is 12.0 Å². The van der Waals surface area contributed by atoms with Crippen LogP contribution in [0, 0.1) is 5.92 Å². The van der Waals surface area contributed by atoms with Gasteiger partial charge >= 0.3 is 0 Å². The fraction of sp³-hybridized carbons (Fsp3) is 0.667. The van der Waals surface area contributed by atoms with Crippen molar-refractivity contribution in [2.75, 3.05) is 30.4 Å². The number of nitrogens with one attached hydrogen (secondary N) is 1.